The van der Waals surface area contributed by atoms with Gasteiger partial charge >= 0.3 is 0 Å². The zero-order valence-corrected chi connectivity index (χ0v) is 13.7. The number of carbonyl (C=O) groups is 1. The molecule has 6 nitrogen and oxygen atoms in total. The molecule has 1 aliphatic heterocycles. The van der Waals surface area contributed by atoms with Crippen LogP contribution in [0.3, 0.4) is 0 Å². The van der Waals surface area contributed by atoms with Crippen LogP contribution in [0.1, 0.15) is 46.5 Å². The van der Waals surface area contributed by atoms with Gasteiger partial charge in [-0.25, -0.2) is 0 Å². The summed E-state index contributed by atoms with van der Waals surface area (Å²) in [6, 6.07) is 0. The van der Waals surface area contributed by atoms with E-state index in [1.54, 1.807) is 0 Å². The third kappa shape index (κ3) is 6.80. The molecule has 0 atom stereocenters. The summed E-state index contributed by atoms with van der Waals surface area (Å²) in [6.45, 7) is 11.0. The van der Waals surface area contributed by atoms with Crippen molar-refractivity contribution in [3.8, 4) is 0 Å². The fraction of sp³-hybridized carbons (Fsp3) is 0.867. The van der Waals surface area contributed by atoms with Crippen molar-refractivity contribution in [3.63, 3.8) is 0 Å². The summed E-state index contributed by atoms with van der Waals surface area (Å²) in [6.07, 6.45) is 3.49. The molecule has 1 amide bonds. The number of rotatable bonds is 6. The van der Waals surface area contributed by atoms with E-state index in [9.17, 15) is 4.79 Å². The van der Waals surface area contributed by atoms with E-state index < -0.39 is 0 Å². The third-order valence-electron chi connectivity index (χ3n) is 3.96. The normalized spacial score (nSPS) is 16.8. The van der Waals surface area contributed by atoms with Crippen molar-refractivity contribution in [1.82, 2.24) is 15.1 Å². The van der Waals surface area contributed by atoms with E-state index in [1.165, 1.54) is 0 Å². The zero-order chi connectivity index (χ0) is 15.9. The first-order valence-electron chi connectivity index (χ1n) is 7.91. The molecule has 4 N–H and O–H groups in total. The first-order chi connectivity index (χ1) is 9.80. The van der Waals surface area contributed by atoms with Crippen LogP contribution in [0.25, 0.3) is 0 Å². The topological polar surface area (TPSA) is 85.5 Å². The molecule has 0 aromatic carbocycles. The van der Waals surface area contributed by atoms with Crippen molar-refractivity contribution < 1.29 is 4.79 Å². The van der Waals surface area contributed by atoms with Gasteiger partial charge in [0.1, 0.15) is 0 Å². The fourth-order valence-electron chi connectivity index (χ4n) is 2.59. The molecular weight excluding hydrogens is 266 g/mol. The maximum absolute atomic E-state index is 12.1. The number of hydrogen-bond donors (Lipinski definition) is 3. The van der Waals surface area contributed by atoms with Crippen LogP contribution in [0.5, 0.6) is 0 Å². The van der Waals surface area contributed by atoms with Gasteiger partial charge in [-0.3, -0.25) is 15.1 Å². The van der Waals surface area contributed by atoms with Crippen LogP contribution in [0.2, 0.25) is 0 Å². The second-order valence-corrected chi connectivity index (χ2v) is 6.69. The number of piperazine rings is 1. The smallest absolute Gasteiger partial charge is 0.222 e. The molecule has 0 aromatic rings. The largest absolute Gasteiger partial charge is 0.370 e. The summed E-state index contributed by atoms with van der Waals surface area (Å²) in [7, 11) is 0. The highest BCUT2D eigenvalue weighted by molar-refractivity contribution is 5.76. The molecule has 1 aliphatic rings. The molecule has 0 aliphatic carbocycles. The number of carbonyl (C=O) groups excluding carboxylic acids is 1. The van der Waals surface area contributed by atoms with Crippen molar-refractivity contribution in [3.05, 3.63) is 0 Å². The molecule has 0 aromatic heterocycles. The molecule has 1 saturated heterocycles. The highest BCUT2D eigenvalue weighted by Gasteiger charge is 2.27. The molecule has 1 heterocycles. The first kappa shape index (κ1) is 17.8. The summed E-state index contributed by atoms with van der Waals surface area (Å²) < 4.78 is 0. The van der Waals surface area contributed by atoms with Gasteiger partial charge in [-0.1, -0.05) is 6.42 Å². The van der Waals surface area contributed by atoms with Gasteiger partial charge in [0.05, 0.1) is 0 Å². The zero-order valence-electron chi connectivity index (χ0n) is 13.7. The Morgan fingerprint density at radius 2 is 1.76 bits per heavy atom. The molecule has 0 bridgehead atoms. The lowest BCUT2D eigenvalue weighted by molar-refractivity contribution is -0.133. The minimum Gasteiger partial charge on any atom is -0.370 e. The third-order valence-corrected chi connectivity index (χ3v) is 3.96. The lowest BCUT2D eigenvalue weighted by Crippen LogP contribution is -2.54. The summed E-state index contributed by atoms with van der Waals surface area (Å²) >= 11 is 0. The van der Waals surface area contributed by atoms with Crippen molar-refractivity contribution >= 4 is 11.9 Å². The number of hydrogen-bond acceptors (Lipinski definition) is 3. The Kier molecular flexibility index (Phi) is 6.95. The van der Waals surface area contributed by atoms with E-state index >= 15 is 0 Å². The van der Waals surface area contributed by atoms with Crippen LogP contribution >= 0.6 is 0 Å². The number of unbranched alkanes of at least 4 members (excludes halogenated alkanes) is 2. The Morgan fingerprint density at radius 1 is 1.14 bits per heavy atom. The number of amides is 1. The monoisotopic (exact) mass is 297 g/mol. The van der Waals surface area contributed by atoms with Crippen molar-refractivity contribution in [2.45, 2.75) is 52.0 Å². The molecule has 21 heavy (non-hydrogen) atoms. The van der Waals surface area contributed by atoms with Gasteiger partial charge < -0.3 is 16.0 Å². The minimum atomic E-state index is 0.0165. The summed E-state index contributed by atoms with van der Waals surface area (Å²) in [5.74, 6) is 0.297. The van der Waals surface area contributed by atoms with Crippen molar-refractivity contribution in [2.24, 2.45) is 5.73 Å². The molecule has 1 rings (SSSR count). The number of guanidine groups is 1. The van der Waals surface area contributed by atoms with E-state index in [0.717, 1.165) is 45.4 Å². The molecule has 0 unspecified atom stereocenters. The predicted octanol–water partition coefficient (Wildman–Crippen LogP) is 0.973. The average molecular weight is 297 g/mol. The Balaban J connectivity index is 2.13. The Hall–Kier alpha value is -1.30. The van der Waals surface area contributed by atoms with Crippen LogP contribution in [0.15, 0.2) is 0 Å². The SMILES string of the molecule is CC(C)(C)N1CCN(C(=O)CCCCCNC(=N)N)CC1. The summed E-state index contributed by atoms with van der Waals surface area (Å²) in [5, 5.41) is 9.81. The fourth-order valence-corrected chi connectivity index (χ4v) is 2.59. The summed E-state index contributed by atoms with van der Waals surface area (Å²) in [4.78, 5) is 16.6. The minimum absolute atomic E-state index is 0.0165. The molecule has 0 radical (unpaired) electrons. The van der Waals surface area contributed by atoms with Gasteiger partial charge in [0.15, 0.2) is 5.96 Å². The highest BCUT2D eigenvalue weighted by Crippen LogP contribution is 2.16. The Labute approximate surface area is 128 Å². The standard InChI is InChI=1S/C15H31N5O/c1-15(2,3)20-11-9-19(10-12-20)13(21)7-5-4-6-8-18-14(16)17/h4-12H2,1-3H3,(H4,16,17,18). The Bertz CT molecular complexity index is 342. The van der Waals surface area contributed by atoms with Gasteiger partial charge in [-0.2, -0.15) is 0 Å². The number of nitrogens with two attached hydrogens (primary N) is 1. The first-order valence-corrected chi connectivity index (χ1v) is 7.91. The highest BCUT2D eigenvalue weighted by atomic mass is 16.2. The second kappa shape index (κ2) is 8.22. The number of nitrogens with one attached hydrogen (secondary N) is 2. The van der Waals surface area contributed by atoms with Gasteiger partial charge in [0.2, 0.25) is 5.91 Å². The second-order valence-electron chi connectivity index (χ2n) is 6.69. The van der Waals surface area contributed by atoms with Crippen LogP contribution in [-0.4, -0.2) is 59.9 Å². The van der Waals surface area contributed by atoms with E-state index in [2.05, 4.69) is 31.0 Å². The Morgan fingerprint density at radius 3 is 2.29 bits per heavy atom. The molecule has 0 spiro atoms. The predicted molar refractivity (Wildman–Crippen MR) is 86.3 cm³/mol. The number of nitrogens with zero attached hydrogens (tertiary/aromatic N) is 2. The van der Waals surface area contributed by atoms with E-state index in [1.807, 2.05) is 4.90 Å². The lowest BCUT2D eigenvalue weighted by atomic mass is 10.0. The van der Waals surface area contributed by atoms with Gasteiger partial charge in [-0.05, 0) is 33.6 Å². The van der Waals surface area contributed by atoms with Crippen LogP contribution in [0, 0.1) is 5.41 Å². The lowest BCUT2D eigenvalue weighted by Gasteiger charge is -2.42. The van der Waals surface area contributed by atoms with Crippen molar-refractivity contribution in [2.75, 3.05) is 32.7 Å². The van der Waals surface area contributed by atoms with E-state index in [0.29, 0.717) is 13.0 Å². The quantitative estimate of drug-likeness (QED) is 0.387. The average Bonchev–Trinajstić information content (AvgIpc) is 2.41. The van der Waals surface area contributed by atoms with Crippen LogP contribution < -0.4 is 11.1 Å². The molecule has 6 heteroatoms. The van der Waals surface area contributed by atoms with Crippen molar-refractivity contribution in [1.29, 1.82) is 5.41 Å². The van der Waals surface area contributed by atoms with Gasteiger partial charge in [0, 0.05) is 44.7 Å². The van der Waals surface area contributed by atoms with E-state index in [-0.39, 0.29) is 17.4 Å². The van der Waals surface area contributed by atoms with Gasteiger partial charge in [0.25, 0.3) is 0 Å². The maximum atomic E-state index is 12.1. The van der Waals surface area contributed by atoms with Crippen LogP contribution in [-0.2, 0) is 4.79 Å². The molecule has 0 saturated carbocycles. The molecular formula is C15H31N5O. The van der Waals surface area contributed by atoms with Gasteiger partial charge in [-0.15, -0.1) is 0 Å². The summed E-state index contributed by atoms with van der Waals surface area (Å²) in [5.41, 5.74) is 5.40. The molecule has 122 valence electrons. The maximum Gasteiger partial charge on any atom is 0.222 e. The van der Waals surface area contributed by atoms with Crippen LogP contribution in [0.4, 0.5) is 0 Å². The molecule has 1 fully saturated rings. The van der Waals surface area contributed by atoms with E-state index in [4.69, 9.17) is 11.1 Å².